The van der Waals surface area contributed by atoms with E-state index in [9.17, 15) is 6.48 Å². The van der Waals surface area contributed by atoms with E-state index >= 15 is 0 Å². The summed E-state index contributed by atoms with van der Waals surface area (Å²) in [6.07, 6.45) is -0.734. The molecule has 0 unspecified atom stereocenters. The number of phenolic OH excluding ortho intramolecular Hbond substituents is 1. The summed E-state index contributed by atoms with van der Waals surface area (Å²) in [6, 6.07) is 21.3. The molecule has 0 aliphatic carbocycles. The van der Waals surface area contributed by atoms with Gasteiger partial charge in [-0.25, -0.2) is 4.98 Å². The Kier molecular flexibility index (Phi) is 6.12. The van der Waals surface area contributed by atoms with E-state index in [1.54, 1.807) is 42.5 Å². The van der Waals surface area contributed by atoms with Crippen molar-refractivity contribution in [1.29, 1.82) is 0 Å². The zero-order chi connectivity index (χ0) is 66.3. The van der Waals surface area contributed by atoms with Crippen LogP contribution >= 0.6 is 0 Å². The van der Waals surface area contributed by atoms with Crippen LogP contribution in [0.4, 0.5) is 0 Å². The Balaban J connectivity index is 0.0000113. The molecule has 1 N–H and O–H groups in total. The predicted molar refractivity (Wildman–Crippen MR) is 261 cm³/mol. The molecule has 0 aliphatic heterocycles. The van der Waals surface area contributed by atoms with Crippen molar-refractivity contribution in [3.63, 3.8) is 0 Å². The summed E-state index contributed by atoms with van der Waals surface area (Å²) in [5.74, 6) is -2.02. The molecule has 0 aliphatic rings. The maximum atomic E-state index is 13.0. The maximum absolute atomic E-state index is 13.0. The number of pyridine rings is 1. The first-order chi connectivity index (χ1) is 40.0. The quantitative estimate of drug-likeness (QED) is 0.169. The summed E-state index contributed by atoms with van der Waals surface area (Å²) in [7, 11) is 0. The third-order valence-electron chi connectivity index (χ3n) is 10.6. The first-order valence-electron chi connectivity index (χ1n) is 32.7. The van der Waals surface area contributed by atoms with E-state index < -0.39 is 151 Å². The number of imidazole rings is 1. The van der Waals surface area contributed by atoms with Crippen LogP contribution in [-0.4, -0.2) is 19.6 Å². The Morgan fingerprint density at radius 3 is 1.98 bits per heavy atom. The largest absolute Gasteiger partial charge is 0.507 e. The molecule has 63 heavy (non-hydrogen) atoms. The number of hydrogen-bond donors (Lipinski definition) is 1. The Morgan fingerprint density at radius 2 is 1.30 bits per heavy atom. The van der Waals surface area contributed by atoms with Gasteiger partial charge in [-0.2, -0.15) is 0 Å². The second-order valence-electron chi connectivity index (χ2n) is 17.4. The fourth-order valence-corrected chi connectivity index (χ4v) is 7.45. The fraction of sp³-hybridized carbons (Fsp3) is 0.276. The molecule has 324 valence electrons. The number of fused-ring (bicyclic) bond motifs is 1. The van der Waals surface area contributed by atoms with Gasteiger partial charge in [-0.3, -0.25) is 9.55 Å². The minimum atomic E-state index is -4.23. The molecule has 8 rings (SSSR count). The number of aromatic hydroxyl groups is 1. The Labute approximate surface area is 426 Å². The van der Waals surface area contributed by atoms with E-state index in [-0.39, 0.29) is 66.2 Å². The van der Waals surface area contributed by atoms with Gasteiger partial charge in [0.25, 0.3) is 0 Å². The normalized spacial score (nSPS) is 19.6. The van der Waals surface area contributed by atoms with Crippen LogP contribution < -0.4 is 0 Å². The Bertz CT molecular complexity index is 3980. The average Bonchev–Trinajstić information content (AvgIpc) is 1.01. The van der Waals surface area contributed by atoms with Crippen molar-refractivity contribution in [3.8, 4) is 67.5 Å². The van der Waals surface area contributed by atoms with Crippen LogP contribution in [0.1, 0.15) is 141 Å². The summed E-state index contributed by atoms with van der Waals surface area (Å²) < 4.78 is 229. The van der Waals surface area contributed by atoms with Gasteiger partial charge in [-0.15, -0.1) is 29.3 Å². The molecular weight excluding hydrogens is 950 g/mol. The van der Waals surface area contributed by atoms with Gasteiger partial charge in [-0.05, 0) is 85.3 Å². The minimum absolute atomic E-state index is 0. The van der Waals surface area contributed by atoms with Crippen molar-refractivity contribution in [2.24, 2.45) is 0 Å². The first-order valence-corrected chi connectivity index (χ1v) is 19.7. The summed E-state index contributed by atoms with van der Waals surface area (Å²) >= 11 is 0. The van der Waals surface area contributed by atoms with E-state index in [1.165, 1.54) is 10.6 Å². The van der Waals surface area contributed by atoms with Crippen LogP contribution in [0, 0.1) is 6.07 Å². The zero-order valence-corrected chi connectivity index (χ0v) is 37.5. The van der Waals surface area contributed by atoms with Gasteiger partial charge in [0, 0.05) is 68.9 Å². The van der Waals surface area contributed by atoms with Crippen molar-refractivity contribution < 1.29 is 61.8 Å². The van der Waals surface area contributed by atoms with Crippen LogP contribution in [0.5, 0.6) is 5.75 Å². The number of rotatable bonds is 6. The molecule has 0 atom stereocenters. The third-order valence-corrected chi connectivity index (χ3v) is 10.6. The summed E-state index contributed by atoms with van der Waals surface area (Å²) in [6.45, 7) is -13.7. The molecule has 4 nitrogen and oxygen atoms in total. The number of aromatic nitrogens is 3. The molecule has 2 aromatic heterocycles. The SMILES string of the molecule is [2H]c1nc(-c2[c-]c(-c3cccc4c3nc(-c3cc(C(C([2H])([2H])[2H])(C([2H])([2H])[2H])C([2H])([2H])[2H])cc(C(C([2H])([2H])[2H])(C([2H])([2H])[2H])C([2H])([2H])[2H])c3O)n4-c3ccc(-c4ccccc4)c(C(C)(C)C)c3)cc(C(C)(C)C)c2)c([2H])c(-c2c([2H])c([2H])c([2H])c([2H])c2[2H])c1[2H].[Pt]. The van der Waals surface area contributed by atoms with Crippen molar-refractivity contribution in [2.75, 3.05) is 0 Å². The monoisotopic (exact) mass is 1040 g/mol. The predicted octanol–water partition coefficient (Wildman–Crippen LogP) is 15.4. The molecule has 0 saturated carbocycles. The van der Waals surface area contributed by atoms with Gasteiger partial charge < -0.3 is 5.11 Å². The molecule has 0 bridgehead atoms. The topological polar surface area (TPSA) is 50.9 Å². The van der Waals surface area contributed by atoms with Gasteiger partial charge in [0.1, 0.15) is 11.6 Å². The molecular formula is C58H60N3OPt-. The molecule has 6 aromatic carbocycles. The summed E-state index contributed by atoms with van der Waals surface area (Å²) in [5, 5.41) is 13.0. The standard InChI is InChI=1S/C58H60N3O.Pt/c1-55(2,3)42-31-40(30-41(32-42)50-33-39(28-29-59-50)37-20-15-13-16-21-37)46-24-19-25-51-52(46)60-54(47-34-43(56(4,5)6)35-49(53(47)62)58(10,11)12)61(51)44-26-27-45(38-22-17-14-18-23-38)48(36-44)57(7,8)9;/h13-29,31-36,62H,1-12H3;/q-1;/i4D3,5D3,6D3,10D3,11D3,12D3,13D,15D,16D,20D,21D,28D,29D,33D;. The van der Waals surface area contributed by atoms with E-state index in [4.69, 9.17) is 39.3 Å². The molecule has 0 amide bonds. The number of benzene rings is 6. The molecule has 5 heteroatoms. The van der Waals surface area contributed by atoms with Crippen LogP contribution in [0.15, 0.2) is 139 Å². The number of phenols is 1. The Hall–Kier alpha value is -5.57. The number of nitrogens with zero attached hydrogens (tertiary/aromatic N) is 3. The van der Waals surface area contributed by atoms with Crippen LogP contribution in [0.3, 0.4) is 0 Å². The average molecular weight is 1040 g/mol. The van der Waals surface area contributed by atoms with Crippen molar-refractivity contribution in [3.05, 3.63) is 168 Å². The van der Waals surface area contributed by atoms with E-state index in [1.807, 2.05) is 71.9 Å². The number of hydrogen-bond acceptors (Lipinski definition) is 3. The fourth-order valence-electron chi connectivity index (χ4n) is 7.45. The second kappa shape index (κ2) is 16.9. The summed E-state index contributed by atoms with van der Waals surface area (Å²) in [4.78, 5) is 9.38. The van der Waals surface area contributed by atoms with Gasteiger partial charge >= 0.3 is 0 Å². The van der Waals surface area contributed by atoms with Crippen LogP contribution in [0.2, 0.25) is 0 Å². The third kappa shape index (κ3) is 9.11. The van der Waals surface area contributed by atoms with Gasteiger partial charge in [0.15, 0.2) is 0 Å². The van der Waals surface area contributed by atoms with E-state index in [0.29, 0.717) is 17.2 Å². The molecule has 0 saturated heterocycles. The molecule has 0 radical (unpaired) electrons. The maximum Gasteiger partial charge on any atom is 0.148 e. The second-order valence-corrected chi connectivity index (χ2v) is 17.4. The van der Waals surface area contributed by atoms with Crippen molar-refractivity contribution >= 4 is 11.0 Å². The molecule has 0 spiro atoms. The number of para-hydroxylation sites is 1. The van der Waals surface area contributed by atoms with Crippen molar-refractivity contribution in [2.45, 2.75) is 104 Å². The Morgan fingerprint density at radius 1 is 0.603 bits per heavy atom. The van der Waals surface area contributed by atoms with Gasteiger partial charge in [0.2, 0.25) is 0 Å². The van der Waals surface area contributed by atoms with Gasteiger partial charge in [-0.1, -0.05) is 185 Å². The minimum Gasteiger partial charge on any atom is -0.507 e. The van der Waals surface area contributed by atoms with E-state index in [0.717, 1.165) is 11.1 Å². The summed E-state index contributed by atoms with van der Waals surface area (Å²) in [5.41, 5.74) is -11.7. The smallest absolute Gasteiger partial charge is 0.148 e. The zero-order valence-electron chi connectivity index (χ0n) is 61.3. The molecule has 0 fully saturated rings. The first kappa shape index (κ1) is 22.9. The van der Waals surface area contributed by atoms with E-state index in [2.05, 4.69) is 11.1 Å². The van der Waals surface area contributed by atoms with Gasteiger partial charge in [0.05, 0.1) is 27.6 Å². The van der Waals surface area contributed by atoms with Crippen LogP contribution in [-0.2, 0) is 42.7 Å². The van der Waals surface area contributed by atoms with Crippen LogP contribution in [0.25, 0.3) is 72.7 Å². The molecule has 2 heterocycles. The molecule has 8 aromatic rings. The van der Waals surface area contributed by atoms with Crippen molar-refractivity contribution in [1.82, 2.24) is 14.5 Å².